The van der Waals surface area contributed by atoms with Crippen molar-refractivity contribution in [3.63, 3.8) is 0 Å². The number of sulfonamides is 1. The van der Waals surface area contributed by atoms with Crippen LogP contribution in [0.5, 0.6) is 5.75 Å². The lowest BCUT2D eigenvalue weighted by Crippen LogP contribution is -2.30. The summed E-state index contributed by atoms with van der Waals surface area (Å²) in [6, 6.07) is 9.19. The zero-order valence-electron chi connectivity index (χ0n) is 9.50. The molecule has 0 aromatic heterocycles. The van der Waals surface area contributed by atoms with Crippen LogP contribution in [-0.2, 0) is 10.0 Å². The molecule has 0 saturated heterocycles. The van der Waals surface area contributed by atoms with Crippen LogP contribution in [0.25, 0.3) is 0 Å². The minimum absolute atomic E-state index is 0.0607. The molecule has 0 aliphatic heterocycles. The van der Waals surface area contributed by atoms with Crippen LogP contribution in [0.3, 0.4) is 0 Å². The molecule has 0 atom stereocenters. The second-order valence-electron chi connectivity index (χ2n) is 3.45. The van der Waals surface area contributed by atoms with Crippen molar-refractivity contribution in [3.05, 3.63) is 30.3 Å². The van der Waals surface area contributed by atoms with Crippen molar-refractivity contribution in [1.82, 2.24) is 4.72 Å². The number of hydrogen-bond donors (Lipinski definition) is 2. The summed E-state index contributed by atoms with van der Waals surface area (Å²) in [4.78, 5) is 0. The summed E-state index contributed by atoms with van der Waals surface area (Å²) in [5.74, 6) is 0.650. The predicted molar refractivity (Wildman–Crippen MR) is 65.4 cm³/mol. The third-order valence-corrected chi connectivity index (χ3v) is 3.48. The summed E-state index contributed by atoms with van der Waals surface area (Å²) in [5, 5.41) is 8.53. The summed E-state index contributed by atoms with van der Waals surface area (Å²) in [6.45, 7) is 0.381. The van der Waals surface area contributed by atoms with Crippen molar-refractivity contribution in [2.75, 3.05) is 25.5 Å². The number of aliphatic hydroxyl groups is 1. The van der Waals surface area contributed by atoms with E-state index in [-0.39, 0.29) is 31.9 Å². The van der Waals surface area contributed by atoms with E-state index in [4.69, 9.17) is 9.84 Å². The summed E-state index contributed by atoms with van der Waals surface area (Å²) in [6.07, 6.45) is 0.245. The van der Waals surface area contributed by atoms with Crippen molar-refractivity contribution in [3.8, 4) is 5.75 Å². The molecule has 0 aliphatic rings. The van der Waals surface area contributed by atoms with Crippen LogP contribution in [0, 0.1) is 0 Å². The number of aliphatic hydroxyl groups excluding tert-OH is 1. The monoisotopic (exact) mass is 259 g/mol. The smallest absolute Gasteiger partial charge is 0.211 e. The van der Waals surface area contributed by atoms with Crippen LogP contribution < -0.4 is 9.46 Å². The minimum atomic E-state index is -3.29. The number of ether oxygens (including phenoxy) is 1. The lowest BCUT2D eigenvalue weighted by molar-refractivity contribution is 0.295. The van der Waals surface area contributed by atoms with Gasteiger partial charge in [0.25, 0.3) is 0 Å². The van der Waals surface area contributed by atoms with E-state index in [9.17, 15) is 8.42 Å². The van der Waals surface area contributed by atoms with Gasteiger partial charge in [0.15, 0.2) is 0 Å². The molecule has 5 nitrogen and oxygen atoms in total. The molecule has 0 saturated carbocycles. The first-order chi connectivity index (χ1) is 8.14. The maximum Gasteiger partial charge on any atom is 0.211 e. The fourth-order valence-electron chi connectivity index (χ4n) is 1.21. The lowest BCUT2D eigenvalue weighted by Gasteiger charge is -2.07. The van der Waals surface area contributed by atoms with E-state index in [0.717, 1.165) is 0 Å². The molecule has 6 heteroatoms. The zero-order chi connectivity index (χ0) is 12.6. The summed E-state index contributed by atoms with van der Waals surface area (Å²) >= 11 is 0. The Kier molecular flexibility index (Phi) is 5.96. The molecule has 0 radical (unpaired) electrons. The molecule has 0 heterocycles. The lowest BCUT2D eigenvalue weighted by atomic mass is 10.3. The largest absolute Gasteiger partial charge is 0.492 e. The number of benzene rings is 1. The standard InChI is InChI=1S/C11H17NO4S/c13-8-4-10-17(14,15)12-7-9-16-11-5-2-1-3-6-11/h1-3,5-6,12-13H,4,7-10H2. The highest BCUT2D eigenvalue weighted by atomic mass is 32.2. The Morgan fingerprint density at radius 1 is 1.24 bits per heavy atom. The van der Waals surface area contributed by atoms with E-state index in [2.05, 4.69) is 4.72 Å². The Morgan fingerprint density at radius 2 is 1.94 bits per heavy atom. The summed E-state index contributed by atoms with van der Waals surface area (Å²) < 4.78 is 30.4. The molecule has 0 amide bonds. The maximum absolute atomic E-state index is 11.3. The van der Waals surface area contributed by atoms with E-state index >= 15 is 0 Å². The predicted octanol–water partition coefficient (Wildman–Crippen LogP) is 0.367. The zero-order valence-corrected chi connectivity index (χ0v) is 10.3. The van der Waals surface area contributed by atoms with Gasteiger partial charge >= 0.3 is 0 Å². The fraction of sp³-hybridized carbons (Fsp3) is 0.455. The highest BCUT2D eigenvalue weighted by Crippen LogP contribution is 2.07. The molecule has 1 aromatic carbocycles. The third-order valence-electron chi connectivity index (χ3n) is 2.01. The molecular weight excluding hydrogens is 242 g/mol. The molecule has 1 rings (SSSR count). The first-order valence-corrected chi connectivity index (χ1v) is 7.05. The second-order valence-corrected chi connectivity index (χ2v) is 5.38. The molecule has 0 unspecified atom stereocenters. The van der Waals surface area contributed by atoms with Crippen molar-refractivity contribution in [2.45, 2.75) is 6.42 Å². The highest BCUT2D eigenvalue weighted by Gasteiger charge is 2.08. The maximum atomic E-state index is 11.3. The first kappa shape index (κ1) is 14.0. The van der Waals surface area contributed by atoms with Gasteiger partial charge in [0.1, 0.15) is 12.4 Å². The van der Waals surface area contributed by atoms with Gasteiger partial charge in [-0.15, -0.1) is 0 Å². The number of hydrogen-bond acceptors (Lipinski definition) is 4. The van der Waals surface area contributed by atoms with E-state index in [1.165, 1.54) is 0 Å². The van der Waals surface area contributed by atoms with Crippen LogP contribution in [0.1, 0.15) is 6.42 Å². The van der Waals surface area contributed by atoms with Gasteiger partial charge in [0.05, 0.1) is 5.75 Å². The van der Waals surface area contributed by atoms with Gasteiger partial charge in [-0.25, -0.2) is 13.1 Å². The molecule has 0 fully saturated rings. The number of para-hydroxylation sites is 1. The fourth-order valence-corrected chi connectivity index (χ4v) is 2.26. The minimum Gasteiger partial charge on any atom is -0.492 e. The van der Waals surface area contributed by atoms with Gasteiger partial charge in [0, 0.05) is 13.2 Å². The van der Waals surface area contributed by atoms with Crippen LogP contribution in [-0.4, -0.2) is 39.0 Å². The molecule has 17 heavy (non-hydrogen) atoms. The number of rotatable bonds is 8. The van der Waals surface area contributed by atoms with E-state index in [0.29, 0.717) is 5.75 Å². The van der Waals surface area contributed by atoms with E-state index in [1.54, 1.807) is 12.1 Å². The normalized spacial score (nSPS) is 11.4. The Labute approximate surface area is 101 Å². The van der Waals surface area contributed by atoms with Gasteiger partial charge in [-0.05, 0) is 18.6 Å². The van der Waals surface area contributed by atoms with Crippen LogP contribution in [0.2, 0.25) is 0 Å². The average molecular weight is 259 g/mol. The summed E-state index contributed by atoms with van der Waals surface area (Å²) in [7, 11) is -3.29. The Bertz CT molecular complexity index is 405. The Hall–Kier alpha value is -1.11. The van der Waals surface area contributed by atoms with Gasteiger partial charge in [-0.3, -0.25) is 0 Å². The van der Waals surface area contributed by atoms with E-state index in [1.807, 2.05) is 18.2 Å². The van der Waals surface area contributed by atoms with Gasteiger partial charge in [-0.1, -0.05) is 18.2 Å². The molecular formula is C11H17NO4S. The highest BCUT2D eigenvalue weighted by molar-refractivity contribution is 7.89. The molecule has 2 N–H and O–H groups in total. The molecule has 96 valence electrons. The summed E-state index contributed by atoms with van der Waals surface area (Å²) in [5.41, 5.74) is 0. The molecule has 1 aromatic rings. The van der Waals surface area contributed by atoms with Crippen LogP contribution >= 0.6 is 0 Å². The SMILES string of the molecule is O=S(=O)(CCCO)NCCOc1ccccc1. The Balaban J connectivity index is 2.20. The van der Waals surface area contributed by atoms with Crippen molar-refractivity contribution in [1.29, 1.82) is 0 Å². The topological polar surface area (TPSA) is 75.6 Å². The number of nitrogens with one attached hydrogen (secondary N) is 1. The average Bonchev–Trinajstić information content (AvgIpc) is 2.34. The van der Waals surface area contributed by atoms with Gasteiger partial charge in [0.2, 0.25) is 10.0 Å². The van der Waals surface area contributed by atoms with Crippen molar-refractivity contribution in [2.24, 2.45) is 0 Å². The molecule has 0 bridgehead atoms. The van der Waals surface area contributed by atoms with Crippen LogP contribution in [0.15, 0.2) is 30.3 Å². The van der Waals surface area contributed by atoms with Crippen molar-refractivity contribution < 1.29 is 18.3 Å². The third kappa shape index (κ3) is 6.25. The molecule has 0 spiro atoms. The van der Waals surface area contributed by atoms with Crippen LogP contribution in [0.4, 0.5) is 0 Å². The van der Waals surface area contributed by atoms with Gasteiger partial charge in [-0.2, -0.15) is 0 Å². The van der Waals surface area contributed by atoms with Gasteiger partial charge < -0.3 is 9.84 Å². The second kappa shape index (κ2) is 7.26. The molecule has 0 aliphatic carbocycles. The first-order valence-electron chi connectivity index (χ1n) is 5.40. The van der Waals surface area contributed by atoms with Crippen molar-refractivity contribution >= 4 is 10.0 Å². The van der Waals surface area contributed by atoms with E-state index < -0.39 is 10.0 Å². The Morgan fingerprint density at radius 3 is 2.59 bits per heavy atom. The quantitative estimate of drug-likeness (QED) is 0.661.